The van der Waals surface area contributed by atoms with Crippen LogP contribution in [0.4, 0.5) is 4.39 Å². The summed E-state index contributed by atoms with van der Waals surface area (Å²) in [4.78, 5) is 32.0. The van der Waals surface area contributed by atoms with Crippen LogP contribution < -0.4 is 11.1 Å². The monoisotopic (exact) mass is 426 g/mol. The molecule has 9 nitrogen and oxygen atoms in total. The Balaban J connectivity index is 1.70. The molecule has 0 saturated heterocycles. The van der Waals surface area contributed by atoms with E-state index in [0.29, 0.717) is 5.56 Å². The van der Waals surface area contributed by atoms with E-state index in [-0.39, 0.29) is 13.2 Å². The van der Waals surface area contributed by atoms with E-state index in [2.05, 4.69) is 15.3 Å². The van der Waals surface area contributed by atoms with Crippen LogP contribution in [-0.2, 0) is 22.7 Å². The van der Waals surface area contributed by atoms with Crippen LogP contribution in [-0.4, -0.2) is 32.1 Å². The van der Waals surface area contributed by atoms with Crippen LogP contribution >= 0.6 is 0 Å². The Morgan fingerprint density at radius 2 is 1.71 bits per heavy atom. The molecular formula is C21H19FN4O5. The molecule has 10 heteroatoms. The maximum absolute atomic E-state index is 13.0. The minimum Gasteiger partial charge on any atom is -0.501 e. The maximum Gasteiger partial charge on any atom is 0.331 e. The summed E-state index contributed by atoms with van der Waals surface area (Å²) in [5.41, 5.74) is 6.56. The molecule has 1 heterocycles. The van der Waals surface area contributed by atoms with Crippen LogP contribution in [0.3, 0.4) is 0 Å². The summed E-state index contributed by atoms with van der Waals surface area (Å²) in [7, 11) is 0. The lowest BCUT2D eigenvalue weighted by Gasteiger charge is -2.13. The number of amides is 1. The van der Waals surface area contributed by atoms with Gasteiger partial charge < -0.3 is 26.0 Å². The van der Waals surface area contributed by atoms with E-state index in [0.717, 1.165) is 5.56 Å². The highest BCUT2D eigenvalue weighted by Crippen LogP contribution is 2.27. The fourth-order valence-electron chi connectivity index (χ4n) is 2.55. The van der Waals surface area contributed by atoms with Crippen molar-refractivity contribution in [3.05, 3.63) is 83.1 Å². The number of benzene rings is 2. The maximum atomic E-state index is 13.0. The molecule has 0 fully saturated rings. The van der Waals surface area contributed by atoms with Gasteiger partial charge in [-0.2, -0.15) is 4.98 Å². The van der Waals surface area contributed by atoms with Gasteiger partial charge in [-0.05, 0) is 23.3 Å². The zero-order valence-corrected chi connectivity index (χ0v) is 16.2. The Morgan fingerprint density at radius 3 is 2.39 bits per heavy atom. The average molecular weight is 426 g/mol. The van der Waals surface area contributed by atoms with E-state index in [1.165, 1.54) is 24.3 Å². The predicted octanol–water partition coefficient (Wildman–Crippen LogP) is 1.70. The molecular weight excluding hydrogens is 407 g/mol. The largest absolute Gasteiger partial charge is 0.501 e. The van der Waals surface area contributed by atoms with E-state index >= 15 is 0 Å². The molecule has 0 aliphatic rings. The highest BCUT2D eigenvalue weighted by molar-refractivity contribution is 5.95. The molecule has 0 bridgehead atoms. The van der Waals surface area contributed by atoms with E-state index in [1.807, 2.05) is 6.07 Å². The minimum absolute atomic E-state index is 0.00379. The van der Waals surface area contributed by atoms with Gasteiger partial charge in [-0.1, -0.05) is 42.5 Å². The van der Waals surface area contributed by atoms with Crippen LogP contribution in [0.2, 0.25) is 0 Å². The number of nitrogens with one attached hydrogen (secondary N) is 1. The Morgan fingerprint density at radius 1 is 1.03 bits per heavy atom. The second-order valence-corrected chi connectivity index (χ2v) is 6.48. The lowest BCUT2D eigenvalue weighted by Crippen LogP contribution is -2.28. The minimum atomic E-state index is -1.50. The van der Waals surface area contributed by atoms with Crippen molar-refractivity contribution in [2.45, 2.75) is 19.2 Å². The van der Waals surface area contributed by atoms with Crippen molar-refractivity contribution < 1.29 is 28.9 Å². The first kappa shape index (κ1) is 21.7. The summed E-state index contributed by atoms with van der Waals surface area (Å²) < 4.78 is 18.1. The number of carbonyl (C=O) groups excluding carboxylic acids is 2. The second kappa shape index (κ2) is 9.63. The van der Waals surface area contributed by atoms with Gasteiger partial charge in [-0.3, -0.25) is 4.79 Å². The first-order valence-electron chi connectivity index (χ1n) is 9.14. The molecule has 0 saturated carbocycles. The lowest BCUT2D eigenvalue weighted by atomic mass is 10.2. The number of rotatable bonds is 7. The number of hydrogen-bond donors (Lipinski definition) is 4. The number of aromatic hydroxyl groups is 2. The molecule has 0 radical (unpaired) electrons. The van der Waals surface area contributed by atoms with Crippen LogP contribution in [0.5, 0.6) is 11.6 Å². The average Bonchev–Trinajstić information content (AvgIpc) is 2.78. The molecule has 160 valence electrons. The molecule has 1 atom stereocenters. The summed E-state index contributed by atoms with van der Waals surface area (Å²) in [6, 6.07) is 12.8. The fraction of sp³-hybridized carbons (Fsp3) is 0.143. The number of hydrogen-bond acceptors (Lipinski definition) is 8. The standard InChI is InChI=1S/C21H19FN4O5/c22-14-8-6-12(7-9-14)10-24-19(28)16-17(27)20(29)26-18(25-16)15(23)21(30)31-11-13-4-2-1-3-5-13/h1-9,15,27H,10-11,23H2,(H,24,28)(H,25,26,29). The Hall–Kier alpha value is -4.05. The zero-order chi connectivity index (χ0) is 22.4. The molecule has 1 amide bonds. The molecule has 1 unspecified atom stereocenters. The summed E-state index contributed by atoms with van der Waals surface area (Å²) in [5.74, 6) is -4.35. The normalized spacial score (nSPS) is 11.5. The van der Waals surface area contributed by atoms with Gasteiger partial charge in [-0.15, -0.1) is 0 Å². The Bertz CT molecular complexity index is 1080. The van der Waals surface area contributed by atoms with E-state index in [4.69, 9.17) is 10.5 Å². The molecule has 31 heavy (non-hydrogen) atoms. The molecule has 2 aromatic carbocycles. The van der Waals surface area contributed by atoms with E-state index < -0.39 is 46.9 Å². The van der Waals surface area contributed by atoms with Gasteiger partial charge in [-0.25, -0.2) is 14.2 Å². The number of nitrogens with two attached hydrogens (primary N) is 1. The van der Waals surface area contributed by atoms with Gasteiger partial charge in [0.15, 0.2) is 17.6 Å². The predicted molar refractivity (Wildman–Crippen MR) is 106 cm³/mol. The van der Waals surface area contributed by atoms with Crippen molar-refractivity contribution in [1.29, 1.82) is 0 Å². The molecule has 3 rings (SSSR count). The molecule has 0 aliphatic carbocycles. The van der Waals surface area contributed by atoms with E-state index in [1.54, 1.807) is 24.3 Å². The molecule has 5 N–H and O–H groups in total. The second-order valence-electron chi connectivity index (χ2n) is 6.48. The van der Waals surface area contributed by atoms with Gasteiger partial charge in [0.05, 0.1) is 0 Å². The highest BCUT2D eigenvalue weighted by atomic mass is 19.1. The first-order chi connectivity index (χ1) is 14.8. The fourth-order valence-corrected chi connectivity index (χ4v) is 2.55. The summed E-state index contributed by atoms with van der Waals surface area (Å²) >= 11 is 0. The number of halogens is 1. The van der Waals surface area contributed by atoms with Crippen LogP contribution in [0, 0.1) is 5.82 Å². The van der Waals surface area contributed by atoms with Crippen molar-refractivity contribution in [3.8, 4) is 11.6 Å². The molecule has 1 aromatic heterocycles. The van der Waals surface area contributed by atoms with Gasteiger partial charge in [0.2, 0.25) is 5.75 Å². The van der Waals surface area contributed by atoms with Gasteiger partial charge in [0, 0.05) is 6.54 Å². The Labute approximate surface area is 176 Å². The summed E-state index contributed by atoms with van der Waals surface area (Å²) in [5, 5.41) is 22.3. The van der Waals surface area contributed by atoms with Crippen molar-refractivity contribution in [2.24, 2.45) is 5.73 Å². The topological polar surface area (TPSA) is 148 Å². The van der Waals surface area contributed by atoms with Crippen molar-refractivity contribution in [2.75, 3.05) is 0 Å². The third-order valence-corrected chi connectivity index (χ3v) is 4.22. The van der Waals surface area contributed by atoms with Crippen LogP contribution in [0.1, 0.15) is 33.5 Å². The molecule has 3 aromatic rings. The van der Waals surface area contributed by atoms with Gasteiger partial charge in [0.25, 0.3) is 11.8 Å². The summed E-state index contributed by atoms with van der Waals surface area (Å²) in [6.45, 7) is -0.0354. The number of aromatic nitrogens is 2. The van der Waals surface area contributed by atoms with E-state index in [9.17, 15) is 24.2 Å². The van der Waals surface area contributed by atoms with Crippen molar-refractivity contribution in [3.63, 3.8) is 0 Å². The third kappa shape index (κ3) is 5.52. The van der Waals surface area contributed by atoms with Gasteiger partial charge in [0.1, 0.15) is 12.4 Å². The first-order valence-corrected chi connectivity index (χ1v) is 9.14. The number of carbonyl (C=O) groups is 2. The lowest BCUT2D eigenvalue weighted by molar-refractivity contribution is -0.146. The quantitative estimate of drug-likeness (QED) is 0.417. The van der Waals surface area contributed by atoms with Crippen molar-refractivity contribution >= 4 is 11.9 Å². The number of esters is 1. The smallest absolute Gasteiger partial charge is 0.331 e. The van der Waals surface area contributed by atoms with Crippen LogP contribution in [0.25, 0.3) is 0 Å². The number of nitrogens with zero attached hydrogens (tertiary/aromatic N) is 2. The zero-order valence-electron chi connectivity index (χ0n) is 16.2. The molecule has 0 aliphatic heterocycles. The van der Waals surface area contributed by atoms with Gasteiger partial charge >= 0.3 is 5.97 Å². The number of ether oxygens (including phenoxy) is 1. The Kier molecular flexibility index (Phi) is 6.73. The molecule has 0 spiro atoms. The summed E-state index contributed by atoms with van der Waals surface area (Å²) in [6.07, 6.45) is 0. The van der Waals surface area contributed by atoms with Crippen LogP contribution in [0.15, 0.2) is 54.6 Å². The van der Waals surface area contributed by atoms with Crippen molar-refractivity contribution in [1.82, 2.24) is 15.3 Å². The highest BCUT2D eigenvalue weighted by Gasteiger charge is 2.26. The third-order valence-electron chi connectivity index (χ3n) is 4.22. The SMILES string of the molecule is NC(C(=O)OCc1ccccc1)c1nc(O)c(O)c(C(=O)NCc2ccc(F)cc2)n1.